The quantitative estimate of drug-likeness (QED) is 0.361. The standard InChI is InChI=1S/C20H29N7O2.HI/c1-14-23-17(25-24-14)16-7-5-6-15(12-16)13-22-18(21)26-8-10-27(11-9-26)19(28)29-20(2,3)4;/h5-7,12H,8-11,13H2,1-4H3,(H2,21,22)(H,23,24,25);1H. The van der Waals surface area contributed by atoms with Gasteiger partial charge in [0.1, 0.15) is 11.4 Å². The predicted octanol–water partition coefficient (Wildman–Crippen LogP) is 2.77. The summed E-state index contributed by atoms with van der Waals surface area (Å²) in [4.78, 5) is 24.7. The van der Waals surface area contributed by atoms with Gasteiger partial charge in [-0.25, -0.2) is 14.8 Å². The molecule has 0 radical (unpaired) electrons. The van der Waals surface area contributed by atoms with Gasteiger partial charge in [-0.3, -0.25) is 5.10 Å². The number of rotatable bonds is 3. The Kier molecular flexibility index (Phi) is 8.04. The van der Waals surface area contributed by atoms with Crippen molar-refractivity contribution in [2.75, 3.05) is 26.2 Å². The number of aliphatic imine (C=N–C) groups is 1. The van der Waals surface area contributed by atoms with E-state index in [1.807, 2.05) is 56.9 Å². The Balaban J connectivity index is 0.00000320. The zero-order valence-electron chi connectivity index (χ0n) is 17.9. The number of carbonyl (C=O) groups excluding carboxylic acids is 1. The zero-order chi connectivity index (χ0) is 21.0. The van der Waals surface area contributed by atoms with Gasteiger partial charge in [-0.15, -0.1) is 24.0 Å². The molecule has 0 spiro atoms. The number of aromatic amines is 1. The molecular formula is C20H30IN7O2. The van der Waals surface area contributed by atoms with E-state index in [1.165, 1.54) is 0 Å². The second-order valence-electron chi connectivity index (χ2n) is 8.07. The Morgan fingerprint density at radius 2 is 1.90 bits per heavy atom. The van der Waals surface area contributed by atoms with Crippen molar-refractivity contribution >= 4 is 36.0 Å². The number of nitrogens with two attached hydrogens (primary N) is 1. The van der Waals surface area contributed by atoms with Crippen LogP contribution in [-0.2, 0) is 11.3 Å². The first-order valence-corrected chi connectivity index (χ1v) is 9.72. The van der Waals surface area contributed by atoms with Crippen LogP contribution in [0.2, 0.25) is 0 Å². The highest BCUT2D eigenvalue weighted by atomic mass is 127. The van der Waals surface area contributed by atoms with Crippen LogP contribution in [0.5, 0.6) is 0 Å². The van der Waals surface area contributed by atoms with E-state index < -0.39 is 5.60 Å². The van der Waals surface area contributed by atoms with Gasteiger partial charge in [-0.2, -0.15) is 5.10 Å². The van der Waals surface area contributed by atoms with Gasteiger partial charge in [-0.05, 0) is 39.3 Å². The lowest BCUT2D eigenvalue weighted by Crippen LogP contribution is -2.53. The summed E-state index contributed by atoms with van der Waals surface area (Å²) in [7, 11) is 0. The third kappa shape index (κ3) is 6.57. The minimum absolute atomic E-state index is 0. The molecule has 2 aromatic rings. The minimum Gasteiger partial charge on any atom is -0.444 e. The second-order valence-corrected chi connectivity index (χ2v) is 8.07. The van der Waals surface area contributed by atoms with E-state index in [9.17, 15) is 4.79 Å². The highest BCUT2D eigenvalue weighted by Gasteiger charge is 2.26. The predicted molar refractivity (Wildman–Crippen MR) is 127 cm³/mol. The molecule has 0 atom stereocenters. The number of hydrogen-bond donors (Lipinski definition) is 2. The maximum atomic E-state index is 12.2. The monoisotopic (exact) mass is 527 g/mol. The van der Waals surface area contributed by atoms with Crippen LogP contribution in [0.4, 0.5) is 4.79 Å². The fourth-order valence-electron chi connectivity index (χ4n) is 3.00. The van der Waals surface area contributed by atoms with Crippen molar-refractivity contribution in [1.82, 2.24) is 25.0 Å². The van der Waals surface area contributed by atoms with Crippen molar-refractivity contribution < 1.29 is 9.53 Å². The molecule has 9 nitrogen and oxygen atoms in total. The molecular weight excluding hydrogens is 497 g/mol. The molecule has 164 valence electrons. The molecule has 0 saturated carbocycles. The van der Waals surface area contributed by atoms with Crippen molar-refractivity contribution in [2.45, 2.75) is 39.8 Å². The number of nitrogens with zero attached hydrogens (tertiary/aromatic N) is 5. The summed E-state index contributed by atoms with van der Waals surface area (Å²) in [5, 5.41) is 7.04. The molecule has 1 aromatic carbocycles. The lowest BCUT2D eigenvalue weighted by molar-refractivity contribution is 0.0186. The fourth-order valence-corrected chi connectivity index (χ4v) is 3.00. The molecule has 0 bridgehead atoms. The number of ether oxygens (including phenoxy) is 1. The minimum atomic E-state index is -0.493. The molecule has 0 unspecified atom stereocenters. The number of halogens is 1. The topological polar surface area (TPSA) is 113 Å². The Hall–Kier alpha value is -2.37. The molecule has 2 heterocycles. The van der Waals surface area contributed by atoms with Gasteiger partial charge in [-0.1, -0.05) is 18.2 Å². The van der Waals surface area contributed by atoms with Gasteiger partial charge in [0.05, 0.1) is 6.54 Å². The van der Waals surface area contributed by atoms with Gasteiger partial charge < -0.3 is 20.3 Å². The van der Waals surface area contributed by atoms with E-state index in [2.05, 4.69) is 20.2 Å². The number of amides is 1. The van der Waals surface area contributed by atoms with Crippen molar-refractivity contribution in [3.63, 3.8) is 0 Å². The van der Waals surface area contributed by atoms with Crippen molar-refractivity contribution in [3.8, 4) is 11.4 Å². The summed E-state index contributed by atoms with van der Waals surface area (Å²) in [6.07, 6.45) is -0.285. The number of benzene rings is 1. The Bertz CT molecular complexity index is 883. The number of H-pyrrole nitrogens is 1. The van der Waals surface area contributed by atoms with Crippen molar-refractivity contribution in [2.24, 2.45) is 10.7 Å². The maximum Gasteiger partial charge on any atom is 0.410 e. The molecule has 1 fully saturated rings. The summed E-state index contributed by atoms with van der Waals surface area (Å²) in [5.74, 6) is 1.92. The summed E-state index contributed by atoms with van der Waals surface area (Å²) in [6.45, 7) is 10.3. The van der Waals surface area contributed by atoms with Crippen LogP contribution in [-0.4, -0.2) is 68.8 Å². The van der Waals surface area contributed by atoms with Gasteiger partial charge >= 0.3 is 6.09 Å². The van der Waals surface area contributed by atoms with E-state index in [4.69, 9.17) is 10.5 Å². The lowest BCUT2D eigenvalue weighted by Gasteiger charge is -2.36. The Morgan fingerprint density at radius 1 is 1.23 bits per heavy atom. The van der Waals surface area contributed by atoms with E-state index >= 15 is 0 Å². The lowest BCUT2D eigenvalue weighted by atomic mass is 10.1. The number of carbonyl (C=O) groups is 1. The van der Waals surface area contributed by atoms with E-state index in [0.29, 0.717) is 44.5 Å². The Labute approximate surface area is 194 Å². The first kappa shape index (κ1) is 23.9. The normalized spacial score (nSPS) is 15.0. The van der Waals surface area contributed by atoms with Gasteiger partial charge in [0.25, 0.3) is 0 Å². The summed E-state index contributed by atoms with van der Waals surface area (Å²) in [6, 6.07) is 7.94. The van der Waals surface area contributed by atoms with Crippen molar-refractivity contribution in [1.29, 1.82) is 0 Å². The fraction of sp³-hybridized carbons (Fsp3) is 0.500. The number of guanidine groups is 1. The molecule has 1 aliphatic rings. The van der Waals surface area contributed by atoms with Gasteiger partial charge in [0, 0.05) is 31.7 Å². The molecule has 1 amide bonds. The molecule has 3 N–H and O–H groups in total. The molecule has 1 aromatic heterocycles. The van der Waals surface area contributed by atoms with Crippen LogP contribution in [0.1, 0.15) is 32.2 Å². The van der Waals surface area contributed by atoms with Crippen LogP contribution in [0, 0.1) is 6.92 Å². The average Bonchev–Trinajstić information content (AvgIpc) is 3.11. The van der Waals surface area contributed by atoms with Crippen LogP contribution < -0.4 is 5.73 Å². The van der Waals surface area contributed by atoms with Crippen LogP contribution in [0.15, 0.2) is 29.3 Å². The van der Waals surface area contributed by atoms with Crippen molar-refractivity contribution in [3.05, 3.63) is 35.7 Å². The summed E-state index contributed by atoms with van der Waals surface area (Å²) in [5.41, 5.74) is 7.66. The highest BCUT2D eigenvalue weighted by molar-refractivity contribution is 14.0. The maximum absolute atomic E-state index is 12.2. The third-order valence-electron chi connectivity index (χ3n) is 4.46. The van der Waals surface area contributed by atoms with Gasteiger partial charge in [0.2, 0.25) is 0 Å². The molecule has 1 saturated heterocycles. The number of nitrogens with one attached hydrogen (secondary N) is 1. The molecule has 3 rings (SSSR count). The summed E-state index contributed by atoms with van der Waals surface area (Å²) < 4.78 is 5.42. The van der Waals surface area contributed by atoms with Crippen LogP contribution in [0.3, 0.4) is 0 Å². The number of piperazine rings is 1. The van der Waals surface area contributed by atoms with Crippen LogP contribution >= 0.6 is 24.0 Å². The molecule has 1 aliphatic heterocycles. The zero-order valence-corrected chi connectivity index (χ0v) is 20.2. The van der Waals surface area contributed by atoms with E-state index in [0.717, 1.165) is 17.0 Å². The SMILES string of the molecule is Cc1nc(-c2cccc(CN=C(N)N3CCN(C(=O)OC(C)(C)C)CC3)c2)n[nH]1.I. The molecule has 10 heteroatoms. The van der Waals surface area contributed by atoms with Crippen LogP contribution in [0.25, 0.3) is 11.4 Å². The first-order valence-electron chi connectivity index (χ1n) is 9.72. The molecule has 0 aliphatic carbocycles. The number of hydrogen-bond acceptors (Lipinski definition) is 5. The van der Waals surface area contributed by atoms with E-state index in [1.54, 1.807) is 4.90 Å². The van der Waals surface area contributed by atoms with E-state index in [-0.39, 0.29) is 30.1 Å². The summed E-state index contributed by atoms with van der Waals surface area (Å²) >= 11 is 0. The first-order chi connectivity index (χ1) is 13.7. The molecule has 30 heavy (non-hydrogen) atoms. The number of aryl methyl sites for hydroxylation is 1. The smallest absolute Gasteiger partial charge is 0.410 e. The largest absolute Gasteiger partial charge is 0.444 e. The highest BCUT2D eigenvalue weighted by Crippen LogP contribution is 2.17. The second kappa shape index (κ2) is 10.1. The van der Waals surface area contributed by atoms with Gasteiger partial charge in [0.15, 0.2) is 11.8 Å². The third-order valence-corrected chi connectivity index (χ3v) is 4.46. The number of aromatic nitrogens is 3. The average molecular weight is 527 g/mol. The Morgan fingerprint density at radius 3 is 2.50 bits per heavy atom.